The molecular formula is C10H18ClN3. The number of rotatable bonds is 4. The minimum atomic E-state index is 0.519. The summed E-state index contributed by atoms with van der Waals surface area (Å²) < 4.78 is 1.73. The number of aromatic nitrogens is 2. The van der Waals surface area contributed by atoms with Gasteiger partial charge in [0.05, 0.1) is 5.69 Å². The molecule has 1 aromatic heterocycles. The number of halogens is 1. The monoisotopic (exact) mass is 215 g/mol. The first-order chi connectivity index (χ1) is 6.56. The highest BCUT2D eigenvalue weighted by Crippen LogP contribution is 2.20. The van der Waals surface area contributed by atoms with E-state index in [1.165, 1.54) is 5.56 Å². The molecule has 1 heterocycles. The van der Waals surface area contributed by atoms with E-state index in [1.807, 2.05) is 21.0 Å². The molecule has 1 aromatic rings. The van der Waals surface area contributed by atoms with Crippen molar-refractivity contribution < 1.29 is 0 Å². The molecule has 1 unspecified atom stereocenters. The number of nitrogens with one attached hydrogen (secondary N) is 1. The van der Waals surface area contributed by atoms with Gasteiger partial charge in [0.15, 0.2) is 0 Å². The zero-order valence-corrected chi connectivity index (χ0v) is 10.0. The van der Waals surface area contributed by atoms with Crippen molar-refractivity contribution in [1.29, 1.82) is 0 Å². The molecule has 0 spiro atoms. The summed E-state index contributed by atoms with van der Waals surface area (Å²) in [6.07, 6.45) is 2.07. The molecule has 3 nitrogen and oxygen atoms in total. The average molecular weight is 216 g/mol. The van der Waals surface area contributed by atoms with Gasteiger partial charge in [-0.15, -0.1) is 0 Å². The van der Waals surface area contributed by atoms with Crippen molar-refractivity contribution >= 4 is 11.6 Å². The minimum absolute atomic E-state index is 0.519. The average Bonchev–Trinajstić information content (AvgIpc) is 2.39. The molecule has 0 aliphatic heterocycles. The molecule has 0 saturated carbocycles. The van der Waals surface area contributed by atoms with Gasteiger partial charge in [-0.1, -0.05) is 11.6 Å². The summed E-state index contributed by atoms with van der Waals surface area (Å²) in [6.45, 7) is 4.17. The summed E-state index contributed by atoms with van der Waals surface area (Å²) in [6, 6.07) is 0.519. The molecule has 14 heavy (non-hydrogen) atoms. The van der Waals surface area contributed by atoms with Crippen LogP contribution in [0.5, 0.6) is 0 Å². The van der Waals surface area contributed by atoms with Gasteiger partial charge in [0.25, 0.3) is 0 Å². The van der Waals surface area contributed by atoms with Crippen LogP contribution in [0.3, 0.4) is 0 Å². The van der Waals surface area contributed by atoms with Crippen molar-refractivity contribution in [2.75, 3.05) is 7.05 Å². The summed E-state index contributed by atoms with van der Waals surface area (Å²) in [5.41, 5.74) is 2.22. The standard InChI is InChI=1S/C10H18ClN3/c1-7(12-3)5-6-9-8(2)13-14(4)10(9)11/h7,12H,5-6H2,1-4H3. The third-order valence-electron chi connectivity index (χ3n) is 2.59. The Kier molecular flexibility index (Phi) is 3.96. The summed E-state index contributed by atoms with van der Waals surface area (Å²) in [4.78, 5) is 0. The molecule has 0 fully saturated rings. The second kappa shape index (κ2) is 4.80. The van der Waals surface area contributed by atoms with Crippen molar-refractivity contribution in [2.45, 2.75) is 32.7 Å². The van der Waals surface area contributed by atoms with Gasteiger partial charge in [0.2, 0.25) is 0 Å². The highest BCUT2D eigenvalue weighted by Gasteiger charge is 2.11. The number of aryl methyl sites for hydroxylation is 2. The molecule has 0 aliphatic rings. The fourth-order valence-corrected chi connectivity index (χ4v) is 1.73. The smallest absolute Gasteiger partial charge is 0.130 e. The topological polar surface area (TPSA) is 29.9 Å². The molecule has 0 saturated heterocycles. The Bertz CT molecular complexity index is 307. The fourth-order valence-electron chi connectivity index (χ4n) is 1.46. The van der Waals surface area contributed by atoms with Gasteiger partial charge < -0.3 is 5.32 Å². The van der Waals surface area contributed by atoms with Crippen LogP contribution in [0.1, 0.15) is 24.6 Å². The van der Waals surface area contributed by atoms with Crippen LogP contribution in [0, 0.1) is 6.92 Å². The first-order valence-electron chi connectivity index (χ1n) is 4.91. The Morgan fingerprint density at radius 2 is 2.21 bits per heavy atom. The van der Waals surface area contributed by atoms with Gasteiger partial charge >= 0.3 is 0 Å². The van der Waals surface area contributed by atoms with E-state index in [4.69, 9.17) is 11.6 Å². The SMILES string of the molecule is CNC(C)CCc1c(C)nn(C)c1Cl. The second-order valence-corrected chi connectivity index (χ2v) is 4.06. The molecule has 1 N–H and O–H groups in total. The summed E-state index contributed by atoms with van der Waals surface area (Å²) in [7, 11) is 3.85. The predicted octanol–water partition coefficient (Wildman–Crippen LogP) is 1.92. The largest absolute Gasteiger partial charge is 0.317 e. The lowest BCUT2D eigenvalue weighted by atomic mass is 10.1. The Morgan fingerprint density at radius 1 is 1.57 bits per heavy atom. The predicted molar refractivity (Wildman–Crippen MR) is 59.8 cm³/mol. The Balaban J connectivity index is 2.67. The third-order valence-corrected chi connectivity index (χ3v) is 3.06. The van der Waals surface area contributed by atoms with Gasteiger partial charge in [-0.2, -0.15) is 5.10 Å². The summed E-state index contributed by atoms with van der Waals surface area (Å²) in [5, 5.41) is 8.26. The lowest BCUT2D eigenvalue weighted by Gasteiger charge is -2.09. The van der Waals surface area contributed by atoms with E-state index in [2.05, 4.69) is 17.3 Å². The van der Waals surface area contributed by atoms with Crippen LogP contribution in [0.2, 0.25) is 5.15 Å². The van der Waals surface area contributed by atoms with Crippen molar-refractivity contribution in [3.63, 3.8) is 0 Å². The maximum absolute atomic E-state index is 6.12. The van der Waals surface area contributed by atoms with Crippen LogP contribution >= 0.6 is 11.6 Å². The van der Waals surface area contributed by atoms with Gasteiger partial charge in [0, 0.05) is 18.7 Å². The minimum Gasteiger partial charge on any atom is -0.317 e. The molecule has 1 rings (SSSR count). The lowest BCUT2D eigenvalue weighted by Crippen LogP contribution is -2.21. The first-order valence-corrected chi connectivity index (χ1v) is 5.29. The van der Waals surface area contributed by atoms with E-state index in [0.717, 1.165) is 23.7 Å². The fraction of sp³-hybridized carbons (Fsp3) is 0.700. The van der Waals surface area contributed by atoms with E-state index >= 15 is 0 Å². The van der Waals surface area contributed by atoms with Crippen molar-refractivity contribution in [2.24, 2.45) is 7.05 Å². The number of hydrogen-bond acceptors (Lipinski definition) is 2. The van der Waals surface area contributed by atoms with Crippen molar-refractivity contribution in [3.05, 3.63) is 16.4 Å². The Morgan fingerprint density at radius 3 is 2.64 bits per heavy atom. The number of nitrogens with zero attached hydrogens (tertiary/aromatic N) is 2. The lowest BCUT2D eigenvalue weighted by molar-refractivity contribution is 0.564. The Hall–Kier alpha value is -0.540. The van der Waals surface area contributed by atoms with E-state index in [-0.39, 0.29) is 0 Å². The van der Waals surface area contributed by atoms with Crippen LogP contribution in [0.4, 0.5) is 0 Å². The molecule has 4 heteroatoms. The first kappa shape index (κ1) is 11.5. The van der Waals surface area contributed by atoms with Gasteiger partial charge in [-0.25, -0.2) is 0 Å². The van der Waals surface area contributed by atoms with E-state index < -0.39 is 0 Å². The molecule has 0 aromatic carbocycles. The second-order valence-electron chi connectivity index (χ2n) is 3.71. The van der Waals surface area contributed by atoms with Crippen LogP contribution in [-0.4, -0.2) is 22.9 Å². The summed E-state index contributed by atoms with van der Waals surface area (Å²) >= 11 is 6.12. The van der Waals surface area contributed by atoms with Gasteiger partial charge in [-0.05, 0) is 33.7 Å². The maximum atomic E-state index is 6.12. The molecule has 0 bridgehead atoms. The highest BCUT2D eigenvalue weighted by atomic mass is 35.5. The maximum Gasteiger partial charge on any atom is 0.130 e. The third kappa shape index (κ3) is 2.49. The van der Waals surface area contributed by atoms with Crippen LogP contribution in [0.15, 0.2) is 0 Å². The van der Waals surface area contributed by atoms with Crippen LogP contribution < -0.4 is 5.32 Å². The number of hydrogen-bond donors (Lipinski definition) is 1. The van der Waals surface area contributed by atoms with Crippen LogP contribution in [-0.2, 0) is 13.5 Å². The van der Waals surface area contributed by atoms with Crippen molar-refractivity contribution in [1.82, 2.24) is 15.1 Å². The van der Waals surface area contributed by atoms with Gasteiger partial charge in [0.1, 0.15) is 5.15 Å². The zero-order chi connectivity index (χ0) is 10.7. The Labute approximate surface area is 90.4 Å². The molecule has 1 atom stereocenters. The highest BCUT2D eigenvalue weighted by molar-refractivity contribution is 6.30. The summed E-state index contributed by atoms with van der Waals surface area (Å²) in [5.74, 6) is 0. The molecular weight excluding hydrogens is 198 g/mol. The molecule has 0 amide bonds. The van der Waals surface area contributed by atoms with E-state index in [0.29, 0.717) is 6.04 Å². The van der Waals surface area contributed by atoms with Crippen molar-refractivity contribution in [3.8, 4) is 0 Å². The van der Waals surface area contributed by atoms with E-state index in [9.17, 15) is 0 Å². The quantitative estimate of drug-likeness (QED) is 0.832. The molecule has 0 aliphatic carbocycles. The zero-order valence-electron chi connectivity index (χ0n) is 9.26. The van der Waals surface area contributed by atoms with Gasteiger partial charge in [-0.3, -0.25) is 4.68 Å². The van der Waals surface area contributed by atoms with E-state index in [1.54, 1.807) is 4.68 Å². The normalized spacial score (nSPS) is 13.2. The molecule has 80 valence electrons. The molecule has 0 radical (unpaired) electrons. The van der Waals surface area contributed by atoms with Crippen LogP contribution in [0.25, 0.3) is 0 Å².